The van der Waals surface area contributed by atoms with Gasteiger partial charge in [0.1, 0.15) is 5.82 Å². The molecule has 0 atom stereocenters. The lowest BCUT2D eigenvalue weighted by molar-refractivity contribution is -0.128. The molecule has 0 spiro atoms. The zero-order valence-corrected chi connectivity index (χ0v) is 13.5. The van der Waals surface area contributed by atoms with Gasteiger partial charge in [-0.1, -0.05) is 39.7 Å². The van der Waals surface area contributed by atoms with E-state index in [1.54, 1.807) is 0 Å². The lowest BCUT2D eigenvalue weighted by Gasteiger charge is -2.21. The first-order chi connectivity index (χ1) is 9.97. The topological polar surface area (TPSA) is 45.2 Å². The average molecular weight is 289 g/mol. The normalized spacial score (nSPS) is 16.4. The summed E-state index contributed by atoms with van der Waals surface area (Å²) in [4.78, 5) is 18.8. The molecular formula is C17H27N3O. The van der Waals surface area contributed by atoms with E-state index in [1.165, 1.54) is 25.7 Å². The number of nitrogens with one attached hydrogen (secondary N) is 1. The van der Waals surface area contributed by atoms with E-state index < -0.39 is 0 Å². The molecule has 0 unspecified atom stereocenters. The van der Waals surface area contributed by atoms with Crippen molar-refractivity contribution in [2.24, 2.45) is 5.41 Å². The highest BCUT2D eigenvalue weighted by Crippen LogP contribution is 2.18. The van der Waals surface area contributed by atoms with Crippen molar-refractivity contribution in [2.75, 3.05) is 18.0 Å². The number of anilines is 1. The van der Waals surface area contributed by atoms with Crippen LogP contribution in [-0.4, -0.2) is 24.0 Å². The van der Waals surface area contributed by atoms with Crippen LogP contribution in [0.5, 0.6) is 0 Å². The smallest absolute Gasteiger partial charge is 0.225 e. The summed E-state index contributed by atoms with van der Waals surface area (Å²) in [5.41, 5.74) is 0.700. The Morgan fingerprint density at radius 1 is 1.19 bits per heavy atom. The molecule has 0 bridgehead atoms. The van der Waals surface area contributed by atoms with Gasteiger partial charge in [0.15, 0.2) is 0 Å². The van der Waals surface area contributed by atoms with Crippen LogP contribution in [-0.2, 0) is 11.3 Å². The second-order valence-corrected chi connectivity index (χ2v) is 6.86. The van der Waals surface area contributed by atoms with Crippen molar-refractivity contribution in [3.8, 4) is 0 Å². The molecule has 1 aliphatic rings. The fraction of sp³-hybridized carbons (Fsp3) is 0.647. The predicted octanol–water partition coefficient (Wildman–Crippen LogP) is 3.12. The van der Waals surface area contributed by atoms with Crippen molar-refractivity contribution in [1.82, 2.24) is 10.3 Å². The Bertz CT molecular complexity index is 454. The quantitative estimate of drug-likeness (QED) is 0.930. The van der Waals surface area contributed by atoms with E-state index in [2.05, 4.69) is 27.3 Å². The summed E-state index contributed by atoms with van der Waals surface area (Å²) in [6.45, 7) is 8.51. The molecule has 4 nitrogen and oxygen atoms in total. The summed E-state index contributed by atoms with van der Waals surface area (Å²) in [5.74, 6) is 1.13. The molecule has 0 saturated carbocycles. The van der Waals surface area contributed by atoms with Crippen molar-refractivity contribution in [1.29, 1.82) is 0 Å². The van der Waals surface area contributed by atoms with E-state index in [0.29, 0.717) is 6.54 Å². The number of nitrogens with zero attached hydrogens (tertiary/aromatic N) is 2. The van der Waals surface area contributed by atoms with Gasteiger partial charge in [-0.05, 0) is 24.5 Å². The van der Waals surface area contributed by atoms with E-state index in [0.717, 1.165) is 24.5 Å². The molecule has 0 radical (unpaired) electrons. The van der Waals surface area contributed by atoms with Gasteiger partial charge in [-0.2, -0.15) is 0 Å². The largest absolute Gasteiger partial charge is 0.357 e. The maximum atomic E-state index is 11.9. The lowest BCUT2D eigenvalue weighted by atomic mass is 9.96. The molecule has 1 N–H and O–H groups in total. The molecule has 0 aliphatic carbocycles. The molecule has 1 saturated heterocycles. The number of pyridine rings is 1. The van der Waals surface area contributed by atoms with E-state index in [9.17, 15) is 4.79 Å². The Balaban J connectivity index is 1.91. The summed E-state index contributed by atoms with van der Waals surface area (Å²) in [7, 11) is 0. The van der Waals surface area contributed by atoms with Crippen LogP contribution in [0.4, 0.5) is 5.82 Å². The molecule has 0 aromatic carbocycles. The van der Waals surface area contributed by atoms with Gasteiger partial charge < -0.3 is 10.2 Å². The van der Waals surface area contributed by atoms with Gasteiger partial charge in [-0.3, -0.25) is 4.79 Å². The Morgan fingerprint density at radius 2 is 1.86 bits per heavy atom. The average Bonchev–Trinajstić information content (AvgIpc) is 2.73. The first kappa shape index (κ1) is 15.8. The van der Waals surface area contributed by atoms with Crippen LogP contribution in [0, 0.1) is 5.41 Å². The minimum Gasteiger partial charge on any atom is -0.357 e. The fourth-order valence-corrected chi connectivity index (χ4v) is 2.46. The number of carbonyl (C=O) groups is 1. The Labute approximate surface area is 127 Å². The molecule has 116 valence electrons. The van der Waals surface area contributed by atoms with Crippen LogP contribution in [0.25, 0.3) is 0 Å². The predicted molar refractivity (Wildman–Crippen MR) is 86.2 cm³/mol. The summed E-state index contributed by atoms with van der Waals surface area (Å²) >= 11 is 0. The number of carbonyl (C=O) groups excluding carboxylic acids is 1. The van der Waals surface area contributed by atoms with Crippen LogP contribution < -0.4 is 10.2 Å². The molecule has 1 amide bonds. The lowest BCUT2D eigenvalue weighted by Crippen LogP contribution is -2.34. The van der Waals surface area contributed by atoms with Gasteiger partial charge in [-0.25, -0.2) is 4.98 Å². The minimum atomic E-state index is -0.348. The molecule has 21 heavy (non-hydrogen) atoms. The van der Waals surface area contributed by atoms with Crippen molar-refractivity contribution in [2.45, 2.75) is 53.0 Å². The Hall–Kier alpha value is -1.58. The van der Waals surface area contributed by atoms with E-state index in [1.807, 2.05) is 27.0 Å². The van der Waals surface area contributed by atoms with Gasteiger partial charge in [0.25, 0.3) is 0 Å². The summed E-state index contributed by atoms with van der Waals surface area (Å²) in [6, 6.07) is 4.14. The van der Waals surface area contributed by atoms with Gasteiger partial charge in [-0.15, -0.1) is 0 Å². The maximum absolute atomic E-state index is 11.9. The molecule has 4 heteroatoms. The zero-order chi connectivity index (χ0) is 15.3. The van der Waals surface area contributed by atoms with Crippen molar-refractivity contribution >= 4 is 11.7 Å². The molecular weight excluding hydrogens is 262 g/mol. The van der Waals surface area contributed by atoms with E-state index >= 15 is 0 Å². The minimum absolute atomic E-state index is 0.0686. The second-order valence-electron chi connectivity index (χ2n) is 6.86. The molecule has 2 heterocycles. The number of hydrogen-bond donors (Lipinski definition) is 1. The van der Waals surface area contributed by atoms with Crippen LogP contribution in [0.1, 0.15) is 52.0 Å². The van der Waals surface area contributed by atoms with Crippen molar-refractivity contribution < 1.29 is 4.79 Å². The van der Waals surface area contributed by atoms with Crippen LogP contribution in [0.15, 0.2) is 18.3 Å². The number of amides is 1. The second kappa shape index (κ2) is 6.92. The van der Waals surface area contributed by atoms with Crippen molar-refractivity contribution in [3.63, 3.8) is 0 Å². The summed E-state index contributed by atoms with van der Waals surface area (Å²) in [5, 5.41) is 2.96. The number of rotatable bonds is 3. The van der Waals surface area contributed by atoms with Crippen LogP contribution in [0.3, 0.4) is 0 Å². The van der Waals surface area contributed by atoms with E-state index in [4.69, 9.17) is 0 Å². The SMILES string of the molecule is CC(C)(C)C(=O)NCc1ccc(N2CCCCCC2)nc1. The number of hydrogen-bond acceptors (Lipinski definition) is 3. The Kier molecular flexibility index (Phi) is 5.21. The van der Waals surface area contributed by atoms with Crippen LogP contribution >= 0.6 is 0 Å². The first-order valence-corrected chi connectivity index (χ1v) is 7.95. The molecule has 1 aliphatic heterocycles. The molecule has 2 rings (SSSR count). The highest BCUT2D eigenvalue weighted by atomic mass is 16.2. The molecule has 1 fully saturated rings. The van der Waals surface area contributed by atoms with Crippen molar-refractivity contribution in [3.05, 3.63) is 23.9 Å². The molecule has 1 aromatic heterocycles. The monoisotopic (exact) mass is 289 g/mol. The zero-order valence-electron chi connectivity index (χ0n) is 13.5. The fourth-order valence-electron chi connectivity index (χ4n) is 2.46. The Morgan fingerprint density at radius 3 is 2.38 bits per heavy atom. The third-order valence-corrected chi connectivity index (χ3v) is 3.87. The van der Waals surface area contributed by atoms with Gasteiger partial charge >= 0.3 is 0 Å². The first-order valence-electron chi connectivity index (χ1n) is 7.95. The van der Waals surface area contributed by atoms with Crippen LogP contribution in [0.2, 0.25) is 0 Å². The standard InChI is InChI=1S/C17H27N3O/c1-17(2,3)16(21)19-13-14-8-9-15(18-12-14)20-10-6-4-5-7-11-20/h8-9,12H,4-7,10-11,13H2,1-3H3,(H,19,21). The third-order valence-electron chi connectivity index (χ3n) is 3.87. The highest BCUT2D eigenvalue weighted by Gasteiger charge is 2.20. The molecule has 1 aromatic rings. The van der Waals surface area contributed by atoms with Gasteiger partial charge in [0.2, 0.25) is 5.91 Å². The summed E-state index contributed by atoms with van der Waals surface area (Å²) < 4.78 is 0. The number of aromatic nitrogens is 1. The van der Waals surface area contributed by atoms with Gasteiger partial charge in [0, 0.05) is 31.2 Å². The third kappa shape index (κ3) is 4.73. The maximum Gasteiger partial charge on any atom is 0.225 e. The van der Waals surface area contributed by atoms with E-state index in [-0.39, 0.29) is 11.3 Å². The van der Waals surface area contributed by atoms with Gasteiger partial charge in [0.05, 0.1) is 0 Å². The summed E-state index contributed by atoms with van der Waals surface area (Å²) in [6.07, 6.45) is 7.04. The highest BCUT2D eigenvalue weighted by molar-refractivity contribution is 5.81.